The molecule has 0 aliphatic carbocycles. The predicted molar refractivity (Wildman–Crippen MR) is 83.3 cm³/mol. The standard InChI is InChI=1S/C13H20BrFN2O3S/c1-3-4-5-9(8-16)17-21(18,19)13-7-11(15)10(14)6-12(13)20-2/h6-7,9,17H,3-5,8,16H2,1-2H3. The molecule has 1 aromatic rings. The van der Waals surface area contributed by atoms with Crippen molar-refractivity contribution in [3.63, 3.8) is 0 Å². The van der Waals surface area contributed by atoms with Gasteiger partial charge in [0, 0.05) is 12.6 Å². The monoisotopic (exact) mass is 382 g/mol. The van der Waals surface area contributed by atoms with Crippen LogP contribution in [0.3, 0.4) is 0 Å². The third-order valence-corrected chi connectivity index (χ3v) is 5.16. The summed E-state index contributed by atoms with van der Waals surface area (Å²) >= 11 is 3.00. The van der Waals surface area contributed by atoms with Gasteiger partial charge in [0.25, 0.3) is 0 Å². The first-order valence-electron chi connectivity index (χ1n) is 6.61. The molecule has 0 heterocycles. The number of nitrogens with one attached hydrogen (secondary N) is 1. The number of hydrogen-bond donors (Lipinski definition) is 2. The summed E-state index contributed by atoms with van der Waals surface area (Å²) in [4.78, 5) is -0.236. The molecule has 1 rings (SSSR count). The van der Waals surface area contributed by atoms with Crippen LogP contribution in [0.5, 0.6) is 5.75 Å². The maximum atomic E-state index is 13.6. The zero-order valence-corrected chi connectivity index (χ0v) is 14.4. The summed E-state index contributed by atoms with van der Waals surface area (Å²) in [7, 11) is -2.57. The molecule has 0 saturated heterocycles. The fourth-order valence-corrected chi connectivity index (χ4v) is 3.61. The van der Waals surface area contributed by atoms with Crippen LogP contribution in [-0.4, -0.2) is 28.1 Å². The first-order chi connectivity index (χ1) is 9.85. The van der Waals surface area contributed by atoms with Crippen LogP contribution in [0.15, 0.2) is 21.5 Å². The number of benzene rings is 1. The van der Waals surface area contributed by atoms with E-state index in [0.717, 1.165) is 18.9 Å². The van der Waals surface area contributed by atoms with E-state index in [-0.39, 0.29) is 27.7 Å². The fraction of sp³-hybridized carbons (Fsp3) is 0.538. The van der Waals surface area contributed by atoms with Gasteiger partial charge in [-0.05, 0) is 34.5 Å². The van der Waals surface area contributed by atoms with Gasteiger partial charge in [0.05, 0.1) is 11.6 Å². The minimum atomic E-state index is -3.90. The molecule has 1 unspecified atom stereocenters. The topological polar surface area (TPSA) is 81.4 Å². The van der Waals surface area contributed by atoms with Gasteiger partial charge in [0.1, 0.15) is 16.5 Å². The van der Waals surface area contributed by atoms with E-state index in [1.807, 2.05) is 6.92 Å². The summed E-state index contributed by atoms with van der Waals surface area (Å²) in [5.41, 5.74) is 5.58. The summed E-state index contributed by atoms with van der Waals surface area (Å²) in [6, 6.07) is 1.83. The third kappa shape index (κ3) is 4.91. The number of rotatable bonds is 8. The van der Waals surface area contributed by atoms with Crippen molar-refractivity contribution in [1.29, 1.82) is 0 Å². The lowest BCUT2D eigenvalue weighted by Gasteiger charge is -2.18. The Kier molecular flexibility index (Phi) is 7.05. The predicted octanol–water partition coefficient (Wildman–Crippen LogP) is 2.39. The van der Waals surface area contributed by atoms with E-state index in [1.165, 1.54) is 13.2 Å². The van der Waals surface area contributed by atoms with E-state index < -0.39 is 15.8 Å². The molecule has 0 bridgehead atoms. The Morgan fingerprint density at radius 1 is 1.48 bits per heavy atom. The smallest absolute Gasteiger partial charge is 0.244 e. The average Bonchev–Trinajstić information content (AvgIpc) is 2.45. The van der Waals surface area contributed by atoms with Crippen LogP contribution < -0.4 is 15.2 Å². The van der Waals surface area contributed by atoms with E-state index in [1.54, 1.807) is 0 Å². The number of hydrogen-bond acceptors (Lipinski definition) is 4. The first-order valence-corrected chi connectivity index (χ1v) is 8.88. The Balaban J connectivity index is 3.09. The second kappa shape index (κ2) is 8.07. The maximum absolute atomic E-state index is 13.6. The SMILES string of the molecule is CCCCC(CN)NS(=O)(=O)c1cc(F)c(Br)cc1OC. The quantitative estimate of drug-likeness (QED) is 0.722. The van der Waals surface area contributed by atoms with Crippen LogP contribution in [0.4, 0.5) is 4.39 Å². The molecule has 3 N–H and O–H groups in total. The van der Waals surface area contributed by atoms with Gasteiger partial charge in [-0.2, -0.15) is 0 Å². The molecule has 0 aromatic heterocycles. The van der Waals surface area contributed by atoms with E-state index in [0.29, 0.717) is 6.42 Å². The average molecular weight is 383 g/mol. The molecule has 0 aliphatic heterocycles. The minimum absolute atomic E-state index is 0.0713. The number of ether oxygens (including phenoxy) is 1. The molecule has 1 aromatic carbocycles. The van der Waals surface area contributed by atoms with Crippen molar-refractivity contribution >= 4 is 26.0 Å². The molecule has 0 amide bonds. The molecule has 0 aliphatic rings. The van der Waals surface area contributed by atoms with Crippen molar-refractivity contribution in [2.45, 2.75) is 37.1 Å². The summed E-state index contributed by atoms with van der Waals surface area (Å²) in [6.07, 6.45) is 2.43. The summed E-state index contributed by atoms with van der Waals surface area (Å²) in [5.74, 6) is -0.601. The van der Waals surface area contributed by atoms with Crippen LogP contribution in [0, 0.1) is 5.82 Å². The fourth-order valence-electron chi connectivity index (χ4n) is 1.84. The molecule has 1 atom stereocenters. The Bertz CT molecular complexity index is 581. The van der Waals surface area contributed by atoms with Gasteiger partial charge in [-0.15, -0.1) is 0 Å². The van der Waals surface area contributed by atoms with Gasteiger partial charge >= 0.3 is 0 Å². The highest BCUT2D eigenvalue weighted by Crippen LogP contribution is 2.30. The molecule has 0 saturated carbocycles. The number of nitrogens with two attached hydrogens (primary N) is 1. The molecule has 0 radical (unpaired) electrons. The first kappa shape index (κ1) is 18.3. The van der Waals surface area contributed by atoms with Crippen LogP contribution >= 0.6 is 15.9 Å². The molecule has 5 nitrogen and oxygen atoms in total. The summed E-state index contributed by atoms with van der Waals surface area (Å²) < 4.78 is 46.0. The normalized spacial score (nSPS) is 13.2. The maximum Gasteiger partial charge on any atom is 0.244 e. The Morgan fingerprint density at radius 3 is 2.67 bits per heavy atom. The van der Waals surface area contributed by atoms with E-state index in [9.17, 15) is 12.8 Å². The second-order valence-electron chi connectivity index (χ2n) is 4.61. The molecule has 21 heavy (non-hydrogen) atoms. The lowest BCUT2D eigenvalue weighted by atomic mass is 10.1. The highest BCUT2D eigenvalue weighted by atomic mass is 79.9. The Hall–Kier alpha value is -0.700. The zero-order chi connectivity index (χ0) is 16.0. The molecule has 8 heteroatoms. The van der Waals surface area contributed by atoms with Gasteiger partial charge < -0.3 is 10.5 Å². The summed E-state index contributed by atoms with van der Waals surface area (Å²) in [5, 5.41) is 0. The summed E-state index contributed by atoms with van der Waals surface area (Å²) in [6.45, 7) is 2.19. The number of sulfonamides is 1. The van der Waals surface area contributed by atoms with Gasteiger partial charge in [-0.3, -0.25) is 0 Å². The molecular formula is C13H20BrFN2O3S. The van der Waals surface area contributed by atoms with Crippen molar-refractivity contribution in [1.82, 2.24) is 4.72 Å². The Labute approximate surface area is 133 Å². The van der Waals surface area contributed by atoms with Crippen LogP contribution in [-0.2, 0) is 10.0 Å². The van der Waals surface area contributed by atoms with Crippen LogP contribution in [0.1, 0.15) is 26.2 Å². The zero-order valence-electron chi connectivity index (χ0n) is 12.0. The molecular weight excluding hydrogens is 363 g/mol. The van der Waals surface area contributed by atoms with E-state index in [2.05, 4.69) is 20.7 Å². The molecule has 0 spiro atoms. The molecule has 0 fully saturated rings. The highest BCUT2D eigenvalue weighted by Gasteiger charge is 2.24. The number of methoxy groups -OCH3 is 1. The van der Waals surface area contributed by atoms with E-state index >= 15 is 0 Å². The van der Waals surface area contributed by atoms with Crippen LogP contribution in [0.25, 0.3) is 0 Å². The van der Waals surface area contributed by atoms with Crippen LogP contribution in [0.2, 0.25) is 0 Å². The lowest BCUT2D eigenvalue weighted by molar-refractivity contribution is 0.399. The van der Waals surface area contributed by atoms with Gasteiger partial charge in [0.15, 0.2) is 0 Å². The minimum Gasteiger partial charge on any atom is -0.495 e. The van der Waals surface area contributed by atoms with Crippen molar-refractivity contribution in [2.75, 3.05) is 13.7 Å². The van der Waals surface area contributed by atoms with Crippen molar-refractivity contribution in [3.05, 3.63) is 22.4 Å². The Morgan fingerprint density at radius 2 is 2.14 bits per heavy atom. The van der Waals surface area contributed by atoms with E-state index in [4.69, 9.17) is 10.5 Å². The van der Waals surface area contributed by atoms with Crippen molar-refractivity contribution in [3.8, 4) is 5.75 Å². The van der Waals surface area contributed by atoms with Crippen molar-refractivity contribution < 1.29 is 17.5 Å². The third-order valence-electron chi connectivity index (χ3n) is 3.01. The molecule has 120 valence electrons. The lowest BCUT2D eigenvalue weighted by Crippen LogP contribution is -2.40. The van der Waals surface area contributed by atoms with Gasteiger partial charge in [0.2, 0.25) is 10.0 Å². The number of halogens is 2. The van der Waals surface area contributed by atoms with Gasteiger partial charge in [-0.25, -0.2) is 17.5 Å². The van der Waals surface area contributed by atoms with Crippen molar-refractivity contribution in [2.24, 2.45) is 5.73 Å². The van der Waals surface area contributed by atoms with Gasteiger partial charge in [-0.1, -0.05) is 19.8 Å². The highest BCUT2D eigenvalue weighted by molar-refractivity contribution is 9.10. The largest absolute Gasteiger partial charge is 0.495 e. The number of unbranched alkanes of at least 4 members (excludes halogenated alkanes) is 1. The second-order valence-corrected chi connectivity index (χ2v) is 7.15.